The molecule has 1 aliphatic carbocycles. The average molecular weight is 627 g/mol. The molecule has 1 saturated heterocycles. The van der Waals surface area contributed by atoms with Gasteiger partial charge in [0.25, 0.3) is 5.91 Å². The van der Waals surface area contributed by atoms with Gasteiger partial charge >= 0.3 is 24.3 Å². The number of carbonyl (C=O) groups is 3. The molecule has 4 rings (SSSR count). The molecule has 16 heteroatoms. The third-order valence-corrected chi connectivity index (χ3v) is 7.58. The zero-order valence-electron chi connectivity index (χ0n) is 23.7. The number of hydrogen-bond donors (Lipinski definition) is 3. The van der Waals surface area contributed by atoms with Crippen LogP contribution in [0.3, 0.4) is 0 Å². The number of carbonyl (C=O) groups excluding carboxylic acids is 1. The number of nitrogens with zero attached hydrogens (tertiary/aromatic N) is 3. The van der Waals surface area contributed by atoms with Gasteiger partial charge in [0.1, 0.15) is 6.10 Å². The first-order chi connectivity index (χ1) is 20.0. The minimum atomic E-state index is -5.08. The predicted molar refractivity (Wildman–Crippen MR) is 141 cm³/mol. The van der Waals surface area contributed by atoms with Gasteiger partial charge in [-0.15, -0.1) is 0 Å². The molecule has 1 amide bonds. The van der Waals surface area contributed by atoms with Gasteiger partial charge in [-0.2, -0.15) is 26.3 Å². The SMILES string of the molecule is CC(C)CCN1CCC2(CC[C@@H]3ON=C(C(=O)NCCc4ccncc4)[C@@H]32)CC1.O=C(O)C(F)(F)F.O=C(O)C(F)(F)F. The first-order valence-corrected chi connectivity index (χ1v) is 13.7. The van der Waals surface area contributed by atoms with Gasteiger partial charge in [-0.1, -0.05) is 19.0 Å². The Hall–Kier alpha value is -3.43. The maximum Gasteiger partial charge on any atom is 0.490 e. The van der Waals surface area contributed by atoms with Crippen LogP contribution in [0.15, 0.2) is 29.7 Å². The number of hydrogen-bond acceptors (Lipinski definition) is 7. The van der Waals surface area contributed by atoms with Crippen LogP contribution in [0.5, 0.6) is 0 Å². The minimum Gasteiger partial charge on any atom is -0.475 e. The van der Waals surface area contributed by atoms with Gasteiger partial charge in [-0.25, -0.2) is 9.59 Å². The van der Waals surface area contributed by atoms with E-state index in [2.05, 4.69) is 34.2 Å². The number of carboxylic acids is 2. The van der Waals surface area contributed by atoms with E-state index in [1.54, 1.807) is 12.4 Å². The number of rotatable bonds is 7. The third kappa shape index (κ3) is 11.0. The Balaban J connectivity index is 0.000000384. The monoisotopic (exact) mass is 626 g/mol. The van der Waals surface area contributed by atoms with Crippen LogP contribution < -0.4 is 5.32 Å². The molecule has 3 N–H and O–H groups in total. The molecular formula is C27H36F6N4O6. The number of nitrogens with one attached hydrogen (secondary N) is 1. The molecule has 0 bridgehead atoms. The van der Waals surface area contributed by atoms with Gasteiger partial charge in [-0.3, -0.25) is 9.78 Å². The number of alkyl halides is 6. The van der Waals surface area contributed by atoms with E-state index in [0.29, 0.717) is 12.3 Å². The summed E-state index contributed by atoms with van der Waals surface area (Å²) in [6.45, 7) is 8.64. The molecule has 1 aromatic rings. The quantitative estimate of drug-likeness (QED) is 0.381. The second-order valence-electron chi connectivity index (χ2n) is 11.0. The van der Waals surface area contributed by atoms with Crippen molar-refractivity contribution in [2.45, 2.75) is 70.8 Å². The number of oxime groups is 1. The summed E-state index contributed by atoms with van der Waals surface area (Å²) >= 11 is 0. The van der Waals surface area contributed by atoms with Crippen LogP contribution >= 0.6 is 0 Å². The zero-order valence-corrected chi connectivity index (χ0v) is 23.7. The van der Waals surface area contributed by atoms with Crippen molar-refractivity contribution in [2.75, 3.05) is 26.2 Å². The van der Waals surface area contributed by atoms with Crippen molar-refractivity contribution >= 4 is 23.6 Å². The number of piperidine rings is 1. The molecule has 1 spiro atoms. The Morgan fingerprint density at radius 1 is 1.02 bits per heavy atom. The predicted octanol–water partition coefficient (Wildman–Crippen LogP) is 4.30. The molecule has 2 aliphatic heterocycles. The lowest BCUT2D eigenvalue weighted by Gasteiger charge is -2.42. The summed E-state index contributed by atoms with van der Waals surface area (Å²) < 4.78 is 63.5. The lowest BCUT2D eigenvalue weighted by Crippen LogP contribution is -2.48. The smallest absolute Gasteiger partial charge is 0.475 e. The summed E-state index contributed by atoms with van der Waals surface area (Å²) in [5.74, 6) is -4.65. The Kier molecular flexibility index (Phi) is 12.8. The van der Waals surface area contributed by atoms with Crippen LogP contribution in [-0.2, 0) is 25.6 Å². The highest BCUT2D eigenvalue weighted by molar-refractivity contribution is 6.40. The first-order valence-electron chi connectivity index (χ1n) is 13.7. The summed E-state index contributed by atoms with van der Waals surface area (Å²) in [5, 5.41) is 21.6. The van der Waals surface area contributed by atoms with Crippen LogP contribution in [0.2, 0.25) is 0 Å². The van der Waals surface area contributed by atoms with E-state index in [1.807, 2.05) is 12.1 Å². The zero-order chi connectivity index (χ0) is 32.4. The normalized spacial score (nSPS) is 21.0. The Morgan fingerprint density at radius 2 is 1.56 bits per heavy atom. The second kappa shape index (κ2) is 15.3. The van der Waals surface area contributed by atoms with Crippen LogP contribution in [0.4, 0.5) is 26.3 Å². The molecule has 1 saturated carbocycles. The van der Waals surface area contributed by atoms with E-state index < -0.39 is 24.3 Å². The van der Waals surface area contributed by atoms with E-state index >= 15 is 0 Å². The molecule has 10 nitrogen and oxygen atoms in total. The van der Waals surface area contributed by atoms with Crippen molar-refractivity contribution in [3.05, 3.63) is 30.1 Å². The van der Waals surface area contributed by atoms with Gasteiger partial charge in [0.2, 0.25) is 0 Å². The summed E-state index contributed by atoms with van der Waals surface area (Å²) in [5.41, 5.74) is 2.00. The fourth-order valence-corrected chi connectivity index (χ4v) is 5.27. The molecule has 2 fully saturated rings. The molecule has 0 radical (unpaired) electrons. The minimum absolute atomic E-state index is 0.0462. The maximum absolute atomic E-state index is 12.9. The van der Waals surface area contributed by atoms with Crippen LogP contribution in [0.1, 0.15) is 51.5 Å². The van der Waals surface area contributed by atoms with Gasteiger partial charge in [0, 0.05) is 18.9 Å². The van der Waals surface area contributed by atoms with Crippen molar-refractivity contribution < 1.29 is 55.8 Å². The summed E-state index contributed by atoms with van der Waals surface area (Å²) in [4.78, 5) is 43.0. The summed E-state index contributed by atoms with van der Waals surface area (Å²) in [6, 6.07) is 3.97. The fourth-order valence-electron chi connectivity index (χ4n) is 5.27. The number of halogens is 6. The van der Waals surface area contributed by atoms with Crippen LogP contribution in [0.25, 0.3) is 0 Å². The number of carboxylic acid groups (broad SMARTS) is 2. The highest BCUT2D eigenvalue weighted by atomic mass is 19.4. The highest BCUT2D eigenvalue weighted by Crippen LogP contribution is 2.54. The fraction of sp³-hybridized carbons (Fsp3) is 0.667. The Bertz CT molecular complexity index is 1080. The van der Waals surface area contributed by atoms with Crippen molar-refractivity contribution in [1.29, 1.82) is 0 Å². The number of fused-ring (bicyclic) bond motifs is 2. The number of amides is 1. The molecule has 0 unspecified atom stereocenters. The van der Waals surface area contributed by atoms with Crippen molar-refractivity contribution in [1.82, 2.24) is 15.2 Å². The van der Waals surface area contributed by atoms with Crippen molar-refractivity contribution in [3.63, 3.8) is 0 Å². The topological polar surface area (TPSA) is 141 Å². The molecule has 3 heterocycles. The molecule has 2 atom stereocenters. The van der Waals surface area contributed by atoms with Gasteiger partial charge < -0.3 is 25.3 Å². The van der Waals surface area contributed by atoms with Crippen LogP contribution in [-0.4, -0.2) is 88.3 Å². The van der Waals surface area contributed by atoms with Crippen LogP contribution in [0, 0.1) is 17.3 Å². The molecule has 0 aromatic carbocycles. The van der Waals surface area contributed by atoms with E-state index in [-0.39, 0.29) is 23.3 Å². The largest absolute Gasteiger partial charge is 0.490 e. The van der Waals surface area contributed by atoms with E-state index in [9.17, 15) is 31.1 Å². The number of likely N-dealkylation sites (tertiary alicyclic amines) is 1. The summed E-state index contributed by atoms with van der Waals surface area (Å²) in [7, 11) is 0. The standard InChI is InChI=1S/C23H34N4O2.2C2HF3O2/c1-17(2)7-14-27-15-9-23(10-16-27)8-3-19-20(23)21(26-29-19)22(28)25-13-6-18-4-11-24-12-5-18;2*3-2(4,5)1(6)7/h4-5,11-12,17,19-20H,3,6-10,13-16H2,1-2H3,(H,25,28);2*(H,6,7)/t19-,20+;;/m0../s1. The first kappa shape index (κ1) is 35.8. The number of pyridine rings is 1. The molecule has 43 heavy (non-hydrogen) atoms. The van der Waals surface area contributed by atoms with Gasteiger partial charge in [-0.05, 0) is 87.2 Å². The molecule has 1 aromatic heterocycles. The molecular weight excluding hydrogens is 590 g/mol. The molecule has 3 aliphatic rings. The molecule has 242 valence electrons. The highest BCUT2D eigenvalue weighted by Gasteiger charge is 2.56. The van der Waals surface area contributed by atoms with Gasteiger partial charge in [0.05, 0.1) is 5.92 Å². The van der Waals surface area contributed by atoms with E-state index in [1.165, 1.54) is 18.5 Å². The number of aliphatic carboxylic acids is 2. The Labute approximate surface area is 244 Å². The van der Waals surface area contributed by atoms with Crippen molar-refractivity contribution in [3.8, 4) is 0 Å². The lowest BCUT2D eigenvalue weighted by atomic mass is 9.68. The van der Waals surface area contributed by atoms with E-state index in [4.69, 9.17) is 24.6 Å². The lowest BCUT2D eigenvalue weighted by molar-refractivity contribution is -0.193. The van der Waals surface area contributed by atoms with Crippen molar-refractivity contribution in [2.24, 2.45) is 22.4 Å². The average Bonchev–Trinajstić information content (AvgIpc) is 3.50. The third-order valence-electron chi connectivity index (χ3n) is 7.58. The maximum atomic E-state index is 12.9. The second-order valence-corrected chi connectivity index (χ2v) is 11.0. The number of aromatic nitrogens is 1. The Morgan fingerprint density at radius 3 is 2.05 bits per heavy atom. The van der Waals surface area contributed by atoms with Gasteiger partial charge in [0.15, 0.2) is 5.71 Å². The summed E-state index contributed by atoms with van der Waals surface area (Å²) in [6.07, 6.45) is 0.0356. The van der Waals surface area contributed by atoms with E-state index in [0.717, 1.165) is 51.1 Å².